The first-order valence-corrected chi connectivity index (χ1v) is 14.9. The summed E-state index contributed by atoms with van der Waals surface area (Å²) in [6.07, 6.45) is 11.1. The van der Waals surface area contributed by atoms with Crippen LogP contribution in [0.25, 0.3) is 33.7 Å². The van der Waals surface area contributed by atoms with Crippen molar-refractivity contribution < 1.29 is 49.0 Å². The van der Waals surface area contributed by atoms with Crippen molar-refractivity contribution in [3.05, 3.63) is 161 Å². The number of benzene rings is 4. The van der Waals surface area contributed by atoms with Crippen LogP contribution >= 0.6 is 0 Å². The van der Waals surface area contributed by atoms with Gasteiger partial charge in [-0.05, 0) is 11.1 Å². The molecule has 0 saturated heterocycles. The molecule has 3 heteroatoms. The summed E-state index contributed by atoms with van der Waals surface area (Å²) < 4.78 is 1.42. The molecular weight excluding hydrogens is 631 g/mol. The number of hydrogen-bond acceptors (Lipinski definition) is 0. The van der Waals surface area contributed by atoms with E-state index in [2.05, 4.69) is 144 Å². The third-order valence-electron chi connectivity index (χ3n) is 6.99. The third-order valence-corrected chi connectivity index (χ3v) is 8.41. The summed E-state index contributed by atoms with van der Waals surface area (Å²) in [5.74, 6) is 0.556. The van der Waals surface area contributed by atoms with E-state index in [4.69, 9.17) is 0 Å². The molecule has 1 aliphatic rings. The largest absolute Gasteiger partial charge is 1.00 e. The van der Waals surface area contributed by atoms with Gasteiger partial charge in [-0.15, -0.1) is 46.7 Å². The van der Waals surface area contributed by atoms with Gasteiger partial charge < -0.3 is 24.8 Å². The van der Waals surface area contributed by atoms with Gasteiger partial charge in [0.15, 0.2) is 0 Å². The molecule has 0 aliphatic heterocycles. The van der Waals surface area contributed by atoms with Crippen LogP contribution < -0.4 is 24.8 Å². The number of allylic oxidation sites excluding steroid dienone is 4. The Bertz CT molecular complexity index is 1610. The average Bonchev–Trinajstić information content (AvgIpc) is 3.54. The van der Waals surface area contributed by atoms with Crippen molar-refractivity contribution in [3.8, 4) is 0 Å². The molecule has 0 radical (unpaired) electrons. The van der Waals surface area contributed by atoms with E-state index in [0.717, 1.165) is 11.1 Å². The predicted molar refractivity (Wildman–Crippen MR) is 174 cm³/mol. The average molecular weight is 667 g/mol. The van der Waals surface area contributed by atoms with Gasteiger partial charge in [-0.2, -0.15) is 6.08 Å². The second-order valence-electron chi connectivity index (χ2n) is 10.4. The molecule has 5 aromatic carbocycles. The second-order valence-corrected chi connectivity index (χ2v) is 11.6. The molecule has 212 valence electrons. The van der Waals surface area contributed by atoms with Gasteiger partial charge in [-0.25, -0.2) is 11.6 Å². The Balaban J connectivity index is 0.000000231. The first-order valence-electron chi connectivity index (χ1n) is 13.7. The van der Waals surface area contributed by atoms with Crippen molar-refractivity contribution in [3.63, 3.8) is 0 Å². The second kappa shape index (κ2) is 16.6. The zero-order valence-corrected chi connectivity index (χ0v) is 28.7. The van der Waals surface area contributed by atoms with E-state index in [-0.39, 0.29) is 24.8 Å². The molecule has 6 rings (SSSR count). The maximum atomic E-state index is 3.82. The maximum Gasteiger partial charge on any atom is -1.00 e. The van der Waals surface area contributed by atoms with Gasteiger partial charge in [0.1, 0.15) is 0 Å². The maximum absolute atomic E-state index is 3.82. The molecular formula is C39H36Cl2Zr-2. The molecule has 42 heavy (non-hydrogen) atoms. The molecule has 0 heterocycles. The fourth-order valence-corrected chi connectivity index (χ4v) is 5.47. The SMILES string of the molecule is C=Cc1ccc2[cH-]c3ccc(C=C)cc3c2c1.CC1=CC(C)[C-]=C1.Cc1ccc([C](=[Zr+2])c2ccc(C)cc2)cc1.[Cl-].[Cl-]. The molecule has 0 spiro atoms. The molecule has 0 fully saturated rings. The van der Waals surface area contributed by atoms with Crippen LogP contribution in [0.1, 0.15) is 47.2 Å². The Morgan fingerprint density at radius 2 is 1.14 bits per heavy atom. The van der Waals surface area contributed by atoms with Gasteiger partial charge in [0.25, 0.3) is 0 Å². The monoisotopic (exact) mass is 664 g/mol. The van der Waals surface area contributed by atoms with Crippen LogP contribution in [0.15, 0.2) is 122 Å². The molecule has 0 saturated carbocycles. The normalized spacial score (nSPS) is 13.0. The summed E-state index contributed by atoms with van der Waals surface area (Å²) in [5, 5.41) is 5.15. The molecule has 0 N–H and O–H groups in total. The Morgan fingerprint density at radius 1 is 0.714 bits per heavy atom. The Morgan fingerprint density at radius 3 is 1.45 bits per heavy atom. The zero-order chi connectivity index (χ0) is 28.6. The van der Waals surface area contributed by atoms with Gasteiger partial charge in [0.05, 0.1) is 0 Å². The number of aryl methyl sites for hydroxylation is 2. The van der Waals surface area contributed by atoms with Crippen molar-refractivity contribution in [1.29, 1.82) is 0 Å². The van der Waals surface area contributed by atoms with E-state index in [0.29, 0.717) is 5.92 Å². The van der Waals surface area contributed by atoms with Crippen LogP contribution in [0.4, 0.5) is 0 Å². The van der Waals surface area contributed by atoms with Gasteiger partial charge in [0, 0.05) is 0 Å². The fourth-order valence-electron chi connectivity index (χ4n) is 4.65. The molecule has 0 nitrogen and oxygen atoms in total. The molecule has 0 amide bonds. The number of fused-ring (bicyclic) bond motifs is 3. The van der Waals surface area contributed by atoms with Gasteiger partial charge >= 0.3 is 112 Å². The minimum atomic E-state index is 0. The van der Waals surface area contributed by atoms with E-state index < -0.39 is 0 Å². The van der Waals surface area contributed by atoms with Crippen molar-refractivity contribution in [2.75, 3.05) is 0 Å². The molecule has 1 unspecified atom stereocenters. The van der Waals surface area contributed by atoms with E-state index in [9.17, 15) is 0 Å². The summed E-state index contributed by atoms with van der Waals surface area (Å²) in [6.45, 7) is 16.1. The smallest absolute Gasteiger partial charge is 1.00 e. The van der Waals surface area contributed by atoms with Crippen LogP contribution in [0, 0.1) is 25.8 Å². The van der Waals surface area contributed by atoms with E-state index in [1.54, 1.807) is 0 Å². The van der Waals surface area contributed by atoms with Crippen LogP contribution in [0.2, 0.25) is 0 Å². The predicted octanol–water partition coefficient (Wildman–Crippen LogP) is 4.37. The zero-order valence-electron chi connectivity index (χ0n) is 24.7. The van der Waals surface area contributed by atoms with Crippen molar-refractivity contribution in [1.82, 2.24) is 0 Å². The van der Waals surface area contributed by atoms with Crippen LogP contribution in [-0.2, 0) is 24.2 Å². The quantitative estimate of drug-likeness (QED) is 0.250. The van der Waals surface area contributed by atoms with Gasteiger partial charge in [0.2, 0.25) is 0 Å². The first kappa shape index (κ1) is 35.2. The minimum absolute atomic E-state index is 0. The number of rotatable bonds is 4. The summed E-state index contributed by atoms with van der Waals surface area (Å²) >= 11 is 1.46. The van der Waals surface area contributed by atoms with Crippen molar-refractivity contribution in [2.45, 2.75) is 27.7 Å². The molecule has 1 atom stereocenters. The Hall–Kier alpha value is -2.96. The summed E-state index contributed by atoms with van der Waals surface area (Å²) in [4.78, 5) is 0. The van der Waals surface area contributed by atoms with Crippen LogP contribution in [0.5, 0.6) is 0 Å². The van der Waals surface area contributed by atoms with Gasteiger partial charge in [-0.1, -0.05) is 62.4 Å². The van der Waals surface area contributed by atoms with Crippen molar-refractivity contribution >= 4 is 36.9 Å². The van der Waals surface area contributed by atoms with E-state index in [1.165, 1.54) is 76.8 Å². The Kier molecular flexibility index (Phi) is 13.9. The Labute approximate surface area is 279 Å². The fraction of sp³-hybridized carbons (Fsp3) is 0.128. The summed E-state index contributed by atoms with van der Waals surface area (Å²) in [5.41, 5.74) is 8.98. The number of hydrogen-bond donors (Lipinski definition) is 0. The standard InChI is InChI=1S/C17H13.C15H14.C7H9.2ClH.Zr/c1-3-12-5-7-14-11-15-8-6-13(4-2)10-17(15)16(14)9-12;1-12-3-7-14(8-4-12)11-15-9-5-13(2)6-10-15;1-6-3-4-7(2)5-6;;;/h3-11H,1-2H2;3-10H,1-2H3;3,5,7H,1-2H3;2*1H;/q-1;;-1;;;+2/p-2. The third kappa shape index (κ3) is 9.27. The minimum Gasteiger partial charge on any atom is -1.00 e. The summed E-state index contributed by atoms with van der Waals surface area (Å²) in [6, 6.07) is 32.6. The molecule has 0 bridgehead atoms. The van der Waals surface area contributed by atoms with E-state index in [1.807, 2.05) is 18.2 Å². The van der Waals surface area contributed by atoms with Crippen LogP contribution in [-0.4, -0.2) is 3.21 Å². The molecule has 0 aromatic heterocycles. The van der Waals surface area contributed by atoms with Crippen molar-refractivity contribution in [2.24, 2.45) is 5.92 Å². The van der Waals surface area contributed by atoms with E-state index >= 15 is 0 Å². The number of halogens is 2. The summed E-state index contributed by atoms with van der Waals surface area (Å²) in [7, 11) is 0. The molecule has 5 aromatic rings. The van der Waals surface area contributed by atoms with Crippen LogP contribution in [0.3, 0.4) is 0 Å². The first-order chi connectivity index (χ1) is 19.3. The topological polar surface area (TPSA) is 0 Å². The molecule has 1 aliphatic carbocycles. The van der Waals surface area contributed by atoms with Gasteiger partial charge in [-0.3, -0.25) is 6.08 Å².